The van der Waals surface area contributed by atoms with Gasteiger partial charge >= 0.3 is 0 Å². The average molecular weight is 339 g/mol. The number of nitrogens with one attached hydrogen (secondary N) is 2. The predicted octanol–water partition coefficient (Wildman–Crippen LogP) is 4.29. The molecule has 2 heterocycles. The van der Waals surface area contributed by atoms with Crippen LogP contribution in [0.15, 0.2) is 48.2 Å². The van der Waals surface area contributed by atoms with Crippen molar-refractivity contribution < 1.29 is 5.11 Å². The van der Waals surface area contributed by atoms with Gasteiger partial charge in [-0.2, -0.15) is 0 Å². The highest BCUT2D eigenvalue weighted by molar-refractivity contribution is 6.33. The van der Waals surface area contributed by atoms with Gasteiger partial charge in [0, 0.05) is 10.7 Å². The molecule has 0 aliphatic carbocycles. The number of aromatic nitrogens is 2. The lowest BCUT2D eigenvalue weighted by Gasteiger charge is -2.21. The normalized spacial score (nSPS) is 14.9. The van der Waals surface area contributed by atoms with Gasteiger partial charge < -0.3 is 15.0 Å². The van der Waals surface area contributed by atoms with Gasteiger partial charge in [-0.1, -0.05) is 29.8 Å². The molecular formula is C18H15ClN4O. The van der Waals surface area contributed by atoms with Crippen molar-refractivity contribution in [3.05, 3.63) is 64.6 Å². The molecule has 0 amide bonds. The molecule has 0 unspecified atom stereocenters. The second kappa shape index (κ2) is 5.39. The first-order chi connectivity index (χ1) is 11.6. The number of nitrogens with zero attached hydrogens (tertiary/aromatic N) is 2. The first-order valence-corrected chi connectivity index (χ1v) is 7.93. The number of aliphatic hydroxyl groups excluding tert-OH is 1. The standard InChI is InChI=1S/C18H15ClN4O/c1-10-11(19)5-4-8-14(10)23-9-15(24)16(17(23)20)18-21-12-6-2-3-7-13(12)22-18/h2-8,20,24H,9H2,1H3,(H,21,22). The number of hydrogen-bond acceptors (Lipinski definition) is 3. The molecule has 6 heteroatoms. The molecule has 5 nitrogen and oxygen atoms in total. The van der Waals surface area contributed by atoms with E-state index in [0.717, 1.165) is 22.3 Å². The lowest BCUT2D eigenvalue weighted by atomic mass is 10.1. The average Bonchev–Trinajstić information content (AvgIpc) is 3.10. The van der Waals surface area contributed by atoms with Crippen molar-refractivity contribution in [3.8, 4) is 0 Å². The van der Waals surface area contributed by atoms with Crippen molar-refractivity contribution in [3.63, 3.8) is 0 Å². The zero-order chi connectivity index (χ0) is 16.8. The van der Waals surface area contributed by atoms with E-state index in [4.69, 9.17) is 17.0 Å². The minimum Gasteiger partial charge on any atom is -0.509 e. The molecule has 3 N–H and O–H groups in total. The number of hydrogen-bond donors (Lipinski definition) is 3. The van der Waals surface area contributed by atoms with Crippen LogP contribution in [0.25, 0.3) is 16.6 Å². The molecular weight excluding hydrogens is 324 g/mol. The largest absolute Gasteiger partial charge is 0.509 e. The Morgan fingerprint density at radius 2 is 2.00 bits per heavy atom. The molecule has 1 aliphatic rings. The Bertz CT molecular complexity index is 972. The molecule has 2 aromatic carbocycles. The van der Waals surface area contributed by atoms with E-state index in [1.165, 1.54) is 0 Å². The lowest BCUT2D eigenvalue weighted by molar-refractivity contribution is 0.411. The van der Waals surface area contributed by atoms with Crippen LogP contribution in [0.1, 0.15) is 11.4 Å². The van der Waals surface area contributed by atoms with E-state index in [0.29, 0.717) is 16.4 Å². The van der Waals surface area contributed by atoms with Crippen LogP contribution in [0.4, 0.5) is 5.69 Å². The molecule has 0 bridgehead atoms. The molecule has 0 atom stereocenters. The number of amidine groups is 1. The minimum absolute atomic E-state index is 0.124. The van der Waals surface area contributed by atoms with Crippen molar-refractivity contribution in [2.75, 3.05) is 11.4 Å². The fourth-order valence-corrected chi connectivity index (χ4v) is 3.16. The van der Waals surface area contributed by atoms with E-state index < -0.39 is 0 Å². The second-order valence-electron chi connectivity index (χ2n) is 5.74. The summed E-state index contributed by atoms with van der Waals surface area (Å²) in [7, 11) is 0. The summed E-state index contributed by atoms with van der Waals surface area (Å²) in [5, 5.41) is 19.6. The lowest BCUT2D eigenvalue weighted by Crippen LogP contribution is -2.27. The number of benzene rings is 2. The number of aromatic amines is 1. The Kier molecular flexibility index (Phi) is 3.32. The molecule has 120 valence electrons. The van der Waals surface area contributed by atoms with Gasteiger partial charge in [-0.25, -0.2) is 4.98 Å². The van der Waals surface area contributed by atoms with Crippen LogP contribution < -0.4 is 4.90 Å². The number of rotatable bonds is 2. The van der Waals surface area contributed by atoms with Crippen LogP contribution in [-0.4, -0.2) is 27.5 Å². The summed E-state index contributed by atoms with van der Waals surface area (Å²) >= 11 is 6.19. The third-order valence-electron chi connectivity index (χ3n) is 4.26. The molecule has 24 heavy (non-hydrogen) atoms. The third kappa shape index (κ3) is 2.17. The molecule has 0 spiro atoms. The highest BCUT2D eigenvalue weighted by Crippen LogP contribution is 2.34. The molecule has 0 radical (unpaired) electrons. The van der Waals surface area contributed by atoms with Crippen LogP contribution in [0.3, 0.4) is 0 Å². The van der Waals surface area contributed by atoms with Gasteiger partial charge in [-0.15, -0.1) is 0 Å². The Labute approximate surface area is 143 Å². The molecule has 4 rings (SSSR count). The first-order valence-electron chi connectivity index (χ1n) is 7.55. The van der Waals surface area contributed by atoms with Crippen molar-refractivity contribution in [1.82, 2.24) is 9.97 Å². The van der Waals surface area contributed by atoms with Crippen LogP contribution in [0.2, 0.25) is 5.02 Å². The highest BCUT2D eigenvalue weighted by atomic mass is 35.5. The van der Waals surface area contributed by atoms with E-state index >= 15 is 0 Å². The summed E-state index contributed by atoms with van der Waals surface area (Å²) in [4.78, 5) is 9.41. The fraction of sp³-hybridized carbons (Fsp3) is 0.111. The zero-order valence-corrected chi connectivity index (χ0v) is 13.7. The van der Waals surface area contributed by atoms with Gasteiger partial charge in [0.25, 0.3) is 0 Å². The molecule has 3 aromatic rings. The predicted molar refractivity (Wildman–Crippen MR) is 96.9 cm³/mol. The van der Waals surface area contributed by atoms with Gasteiger partial charge in [0.05, 0.1) is 23.2 Å². The summed E-state index contributed by atoms with van der Waals surface area (Å²) in [6.07, 6.45) is 0. The monoisotopic (exact) mass is 338 g/mol. The number of aliphatic hydroxyl groups is 1. The molecule has 1 aromatic heterocycles. The molecule has 1 aliphatic heterocycles. The Morgan fingerprint density at radius 1 is 1.21 bits per heavy atom. The van der Waals surface area contributed by atoms with Gasteiger partial charge in [-0.05, 0) is 36.8 Å². The summed E-state index contributed by atoms with van der Waals surface area (Å²) in [6.45, 7) is 2.13. The van der Waals surface area contributed by atoms with Gasteiger partial charge in [-0.3, -0.25) is 5.41 Å². The zero-order valence-electron chi connectivity index (χ0n) is 13.0. The number of H-pyrrole nitrogens is 1. The van der Waals surface area contributed by atoms with Crippen molar-refractivity contribution in [1.29, 1.82) is 5.41 Å². The van der Waals surface area contributed by atoms with E-state index in [1.807, 2.05) is 49.4 Å². The summed E-state index contributed by atoms with van der Waals surface area (Å²) in [5.74, 6) is 0.830. The van der Waals surface area contributed by atoms with Gasteiger partial charge in [0.15, 0.2) is 0 Å². The molecule has 0 fully saturated rings. The number of fused-ring (bicyclic) bond motifs is 1. The van der Waals surface area contributed by atoms with E-state index in [9.17, 15) is 5.11 Å². The number of anilines is 1. The van der Waals surface area contributed by atoms with E-state index in [-0.39, 0.29) is 18.1 Å². The number of para-hydroxylation sites is 2. The van der Waals surface area contributed by atoms with Gasteiger partial charge in [0.2, 0.25) is 0 Å². The smallest absolute Gasteiger partial charge is 0.145 e. The van der Waals surface area contributed by atoms with Crippen LogP contribution in [-0.2, 0) is 0 Å². The Morgan fingerprint density at radius 3 is 2.79 bits per heavy atom. The number of halogens is 1. The van der Waals surface area contributed by atoms with Crippen LogP contribution >= 0.6 is 11.6 Å². The van der Waals surface area contributed by atoms with Crippen LogP contribution in [0.5, 0.6) is 0 Å². The fourth-order valence-electron chi connectivity index (χ4n) is 2.99. The molecule has 0 saturated heterocycles. The van der Waals surface area contributed by atoms with Gasteiger partial charge in [0.1, 0.15) is 17.4 Å². The van der Waals surface area contributed by atoms with E-state index in [2.05, 4.69) is 9.97 Å². The van der Waals surface area contributed by atoms with E-state index in [1.54, 1.807) is 4.90 Å². The van der Waals surface area contributed by atoms with Crippen molar-refractivity contribution >= 4 is 39.7 Å². The quantitative estimate of drug-likeness (QED) is 0.652. The highest BCUT2D eigenvalue weighted by Gasteiger charge is 2.32. The Balaban J connectivity index is 1.76. The topological polar surface area (TPSA) is 76.0 Å². The molecule has 0 saturated carbocycles. The maximum Gasteiger partial charge on any atom is 0.145 e. The van der Waals surface area contributed by atoms with Crippen LogP contribution in [0, 0.1) is 12.3 Å². The maximum absolute atomic E-state index is 10.4. The van der Waals surface area contributed by atoms with Crippen molar-refractivity contribution in [2.45, 2.75) is 6.92 Å². The summed E-state index contributed by atoms with van der Waals surface area (Å²) in [6, 6.07) is 13.2. The Hall–Kier alpha value is -2.79. The maximum atomic E-state index is 10.4. The summed E-state index contributed by atoms with van der Waals surface area (Å²) < 4.78 is 0. The SMILES string of the molecule is Cc1c(Cl)cccc1N1CC(O)=C(c2nc3ccccc3[nH]2)C1=N. The third-order valence-corrected chi connectivity index (χ3v) is 4.67. The number of imidazole rings is 1. The first kappa shape index (κ1) is 14.8. The second-order valence-corrected chi connectivity index (χ2v) is 6.15. The summed E-state index contributed by atoms with van der Waals surface area (Å²) in [5.41, 5.74) is 3.79. The van der Waals surface area contributed by atoms with Crippen molar-refractivity contribution in [2.24, 2.45) is 0 Å². The minimum atomic E-state index is 0.124.